The van der Waals surface area contributed by atoms with Crippen LogP contribution in [0.1, 0.15) is 23.6 Å². The molecule has 0 aliphatic rings. The Labute approximate surface area is 166 Å². The Morgan fingerprint density at radius 1 is 1.00 bits per heavy atom. The van der Waals surface area contributed by atoms with Gasteiger partial charge in [-0.1, -0.05) is 37.3 Å². The van der Waals surface area contributed by atoms with E-state index in [4.69, 9.17) is 0 Å². The van der Waals surface area contributed by atoms with Crippen LogP contribution in [0.2, 0.25) is 0 Å². The van der Waals surface area contributed by atoms with Gasteiger partial charge in [0.05, 0.1) is 3.79 Å². The van der Waals surface area contributed by atoms with Crippen LogP contribution in [0.25, 0.3) is 0 Å². The molecule has 26 heavy (non-hydrogen) atoms. The van der Waals surface area contributed by atoms with E-state index >= 15 is 0 Å². The largest absolute Gasteiger partial charge is 0.264 e. The average molecular weight is 451 g/mol. The molecular weight excluding hydrogens is 432 g/mol. The molecule has 1 aromatic carbocycles. The Bertz CT molecular complexity index is 955. The first-order chi connectivity index (χ1) is 12.5. The Kier molecular flexibility index (Phi) is 6.24. The van der Waals surface area contributed by atoms with Crippen molar-refractivity contribution in [2.45, 2.75) is 30.6 Å². The number of aryl methyl sites for hydroxylation is 1. The summed E-state index contributed by atoms with van der Waals surface area (Å²) in [6, 6.07) is 15.2. The summed E-state index contributed by atoms with van der Waals surface area (Å²) in [5.74, 6) is 0. The number of hydrogen-bond donors (Lipinski definition) is 0. The Hall–Kier alpha value is -1.54. The maximum atomic E-state index is 13.2. The molecule has 0 N–H and O–H groups in total. The molecule has 3 aromatic rings. The van der Waals surface area contributed by atoms with Gasteiger partial charge in [-0.3, -0.25) is 4.98 Å². The zero-order valence-corrected chi connectivity index (χ0v) is 17.5. The molecule has 0 bridgehead atoms. The molecule has 0 aliphatic heterocycles. The molecule has 136 valence electrons. The summed E-state index contributed by atoms with van der Waals surface area (Å²) in [5, 5.41) is 0. The summed E-state index contributed by atoms with van der Waals surface area (Å²) in [7, 11) is -3.60. The lowest BCUT2D eigenvalue weighted by Gasteiger charge is -2.21. The zero-order valence-electron chi connectivity index (χ0n) is 14.3. The first-order valence-corrected chi connectivity index (χ1v) is 11.3. The van der Waals surface area contributed by atoms with Gasteiger partial charge < -0.3 is 0 Å². The topological polar surface area (TPSA) is 50.3 Å². The van der Waals surface area contributed by atoms with Crippen molar-refractivity contribution in [1.82, 2.24) is 9.29 Å². The summed E-state index contributed by atoms with van der Waals surface area (Å²) in [6.45, 7) is 2.70. The lowest BCUT2D eigenvalue weighted by atomic mass is 10.1. The molecule has 4 nitrogen and oxygen atoms in total. The normalized spacial score (nSPS) is 11.8. The Balaban J connectivity index is 1.92. The van der Waals surface area contributed by atoms with Crippen molar-refractivity contribution in [2.75, 3.05) is 0 Å². The summed E-state index contributed by atoms with van der Waals surface area (Å²) >= 11 is 4.57. The molecule has 3 rings (SSSR count). The van der Waals surface area contributed by atoms with Gasteiger partial charge in [0.2, 0.25) is 0 Å². The van der Waals surface area contributed by atoms with E-state index in [-0.39, 0.29) is 6.54 Å². The van der Waals surface area contributed by atoms with Crippen LogP contribution in [-0.2, 0) is 29.5 Å². The molecule has 0 radical (unpaired) electrons. The number of benzene rings is 1. The number of hydrogen-bond acceptors (Lipinski definition) is 4. The smallest absolute Gasteiger partial charge is 0.253 e. The number of halogens is 1. The van der Waals surface area contributed by atoms with Gasteiger partial charge in [0.15, 0.2) is 0 Å². The molecule has 0 fully saturated rings. The standard InChI is InChI=1S/C19H19BrN2O2S2/c1-2-15-5-7-16(8-6-15)13-22(14-17-4-3-11-21-12-17)26(23,24)19-10-9-18(20)25-19/h3-12H,2,13-14H2,1H3. The number of nitrogens with zero attached hydrogens (tertiary/aromatic N) is 2. The fraction of sp³-hybridized carbons (Fsp3) is 0.211. The van der Waals surface area contributed by atoms with E-state index in [0.29, 0.717) is 10.8 Å². The maximum Gasteiger partial charge on any atom is 0.253 e. The molecule has 7 heteroatoms. The summed E-state index contributed by atoms with van der Waals surface area (Å²) < 4.78 is 29.0. The lowest BCUT2D eigenvalue weighted by Crippen LogP contribution is -2.29. The number of rotatable bonds is 7. The van der Waals surface area contributed by atoms with Crippen LogP contribution in [0.3, 0.4) is 0 Å². The predicted octanol–water partition coefficient (Wildman–Crippen LogP) is 4.86. The van der Waals surface area contributed by atoms with Gasteiger partial charge in [-0.05, 0) is 57.2 Å². The van der Waals surface area contributed by atoms with E-state index in [0.717, 1.165) is 21.3 Å². The van der Waals surface area contributed by atoms with Crippen molar-refractivity contribution >= 4 is 37.3 Å². The van der Waals surface area contributed by atoms with Crippen LogP contribution in [-0.4, -0.2) is 17.7 Å². The van der Waals surface area contributed by atoms with E-state index in [1.165, 1.54) is 21.2 Å². The van der Waals surface area contributed by atoms with Gasteiger partial charge in [-0.25, -0.2) is 8.42 Å². The average Bonchev–Trinajstić information content (AvgIpc) is 3.10. The molecule has 0 amide bonds. The monoisotopic (exact) mass is 450 g/mol. The van der Waals surface area contributed by atoms with E-state index < -0.39 is 10.0 Å². The van der Waals surface area contributed by atoms with Gasteiger partial charge in [0, 0.05) is 25.5 Å². The molecule has 0 saturated carbocycles. The maximum absolute atomic E-state index is 13.2. The molecule has 2 heterocycles. The third-order valence-corrected chi connectivity index (χ3v) is 7.90. The van der Waals surface area contributed by atoms with Gasteiger partial charge >= 0.3 is 0 Å². The Morgan fingerprint density at radius 3 is 2.27 bits per heavy atom. The second-order valence-electron chi connectivity index (χ2n) is 5.86. The van der Waals surface area contributed by atoms with Crippen molar-refractivity contribution in [1.29, 1.82) is 0 Å². The Morgan fingerprint density at radius 2 is 1.69 bits per heavy atom. The molecule has 2 aromatic heterocycles. The molecule has 0 spiro atoms. The predicted molar refractivity (Wildman–Crippen MR) is 109 cm³/mol. The van der Waals surface area contributed by atoms with Gasteiger partial charge in [-0.2, -0.15) is 4.31 Å². The minimum Gasteiger partial charge on any atom is -0.264 e. The van der Waals surface area contributed by atoms with Crippen molar-refractivity contribution in [3.8, 4) is 0 Å². The zero-order chi connectivity index (χ0) is 18.6. The first kappa shape index (κ1) is 19.2. The highest BCUT2D eigenvalue weighted by atomic mass is 79.9. The highest BCUT2D eigenvalue weighted by Crippen LogP contribution is 2.30. The van der Waals surface area contributed by atoms with Crippen molar-refractivity contribution in [3.63, 3.8) is 0 Å². The van der Waals surface area contributed by atoms with Crippen LogP contribution in [0.4, 0.5) is 0 Å². The van der Waals surface area contributed by atoms with E-state index in [1.54, 1.807) is 24.5 Å². The highest BCUT2D eigenvalue weighted by Gasteiger charge is 2.26. The second kappa shape index (κ2) is 8.43. The van der Waals surface area contributed by atoms with Gasteiger partial charge in [0.1, 0.15) is 4.21 Å². The molecule has 0 aliphatic carbocycles. The summed E-state index contributed by atoms with van der Waals surface area (Å²) in [5.41, 5.74) is 3.06. The fourth-order valence-electron chi connectivity index (χ4n) is 2.57. The molecule has 0 atom stereocenters. The first-order valence-electron chi connectivity index (χ1n) is 8.21. The van der Waals surface area contributed by atoms with E-state index in [9.17, 15) is 8.42 Å². The summed E-state index contributed by atoms with van der Waals surface area (Å²) in [6.07, 6.45) is 4.34. The number of sulfonamides is 1. The minimum absolute atomic E-state index is 0.279. The van der Waals surface area contributed by atoms with Crippen LogP contribution in [0, 0.1) is 0 Å². The third kappa shape index (κ3) is 4.59. The van der Waals surface area contributed by atoms with Crippen molar-refractivity contribution in [3.05, 3.63) is 81.4 Å². The third-order valence-electron chi connectivity index (χ3n) is 4.01. The highest BCUT2D eigenvalue weighted by molar-refractivity contribution is 9.11. The van der Waals surface area contributed by atoms with E-state index in [1.807, 2.05) is 36.4 Å². The molecule has 0 unspecified atom stereocenters. The molecule has 0 saturated heterocycles. The van der Waals surface area contributed by atoms with Crippen LogP contribution in [0.5, 0.6) is 0 Å². The number of pyridine rings is 1. The number of aromatic nitrogens is 1. The fourth-order valence-corrected chi connectivity index (χ4v) is 6.15. The number of thiophene rings is 1. The SMILES string of the molecule is CCc1ccc(CN(Cc2cccnc2)S(=O)(=O)c2ccc(Br)s2)cc1. The quantitative estimate of drug-likeness (QED) is 0.516. The van der Waals surface area contributed by atoms with Crippen molar-refractivity contribution in [2.24, 2.45) is 0 Å². The summed E-state index contributed by atoms with van der Waals surface area (Å²) in [4.78, 5) is 4.10. The molecular formula is C19H19BrN2O2S2. The van der Waals surface area contributed by atoms with Crippen LogP contribution >= 0.6 is 27.3 Å². The van der Waals surface area contributed by atoms with Crippen LogP contribution in [0.15, 0.2) is 68.9 Å². The minimum atomic E-state index is -3.60. The van der Waals surface area contributed by atoms with E-state index in [2.05, 4.69) is 27.8 Å². The van der Waals surface area contributed by atoms with Crippen molar-refractivity contribution < 1.29 is 8.42 Å². The van der Waals surface area contributed by atoms with Gasteiger partial charge in [-0.15, -0.1) is 11.3 Å². The van der Waals surface area contributed by atoms with Crippen LogP contribution < -0.4 is 0 Å². The van der Waals surface area contributed by atoms with Gasteiger partial charge in [0.25, 0.3) is 10.0 Å². The second-order valence-corrected chi connectivity index (χ2v) is 10.5. The lowest BCUT2D eigenvalue weighted by molar-refractivity contribution is 0.402.